The summed E-state index contributed by atoms with van der Waals surface area (Å²) >= 11 is 0. The molecule has 0 saturated heterocycles. The van der Waals surface area contributed by atoms with Crippen LogP contribution >= 0.6 is 0 Å². The highest BCUT2D eigenvalue weighted by atomic mass is 19.2. The molecule has 0 radical (unpaired) electrons. The van der Waals surface area contributed by atoms with E-state index in [4.69, 9.17) is 9.47 Å². The van der Waals surface area contributed by atoms with Gasteiger partial charge in [0.05, 0.1) is 26.5 Å². The molecule has 1 aromatic heterocycles. The topological polar surface area (TPSA) is 78.3 Å². The molecule has 0 bridgehead atoms. The number of hydrogen-bond acceptors (Lipinski definition) is 6. The van der Waals surface area contributed by atoms with Gasteiger partial charge in [-0.2, -0.15) is 10.1 Å². The summed E-state index contributed by atoms with van der Waals surface area (Å²) in [5, 5.41) is 6.85. The van der Waals surface area contributed by atoms with Crippen molar-refractivity contribution >= 4 is 11.6 Å². The minimum Gasteiger partial charge on any atom is -0.493 e. The second kappa shape index (κ2) is 8.62. The Morgan fingerprint density at radius 3 is 2.23 bits per heavy atom. The van der Waals surface area contributed by atoms with Gasteiger partial charge in [0.25, 0.3) is 5.56 Å². The van der Waals surface area contributed by atoms with Gasteiger partial charge < -0.3 is 14.8 Å². The van der Waals surface area contributed by atoms with E-state index in [-0.39, 0.29) is 46.5 Å². The summed E-state index contributed by atoms with van der Waals surface area (Å²) in [7, 11) is 2.62. The number of benzene rings is 2. The van der Waals surface area contributed by atoms with Crippen molar-refractivity contribution in [2.45, 2.75) is 20.4 Å². The molecular weight excluding hydrogens is 420 g/mol. The van der Waals surface area contributed by atoms with Crippen molar-refractivity contribution in [3.05, 3.63) is 68.6 Å². The molecule has 11 heteroatoms. The zero-order chi connectivity index (χ0) is 22.9. The van der Waals surface area contributed by atoms with Crippen LogP contribution in [0.2, 0.25) is 0 Å². The van der Waals surface area contributed by atoms with Crippen molar-refractivity contribution in [2.24, 2.45) is 0 Å². The molecule has 7 nitrogen and oxygen atoms in total. The van der Waals surface area contributed by atoms with E-state index >= 15 is 0 Å². The largest absolute Gasteiger partial charge is 0.493 e. The van der Waals surface area contributed by atoms with Crippen LogP contribution in [-0.4, -0.2) is 29.0 Å². The van der Waals surface area contributed by atoms with Gasteiger partial charge in [-0.05, 0) is 31.5 Å². The Morgan fingerprint density at radius 1 is 1.00 bits per heavy atom. The lowest BCUT2D eigenvalue weighted by Gasteiger charge is -2.17. The second-order valence-corrected chi connectivity index (χ2v) is 6.58. The summed E-state index contributed by atoms with van der Waals surface area (Å²) < 4.78 is 66.4. The summed E-state index contributed by atoms with van der Waals surface area (Å²) in [4.78, 5) is 15.9. The van der Waals surface area contributed by atoms with Gasteiger partial charge in [-0.15, -0.1) is 0 Å². The first-order valence-electron chi connectivity index (χ1n) is 8.93. The molecule has 2 aromatic carbocycles. The monoisotopic (exact) mass is 438 g/mol. The first-order chi connectivity index (χ1) is 14.7. The molecule has 3 aromatic rings. The molecule has 0 saturated carbocycles. The maximum Gasteiger partial charge on any atom is 0.296 e. The van der Waals surface area contributed by atoms with Crippen LogP contribution in [0.1, 0.15) is 16.8 Å². The molecular formula is C20H18F4N4O3. The molecule has 0 aliphatic carbocycles. The third-order valence-corrected chi connectivity index (χ3v) is 4.51. The highest BCUT2D eigenvalue weighted by Crippen LogP contribution is 2.37. The number of aromatic nitrogens is 3. The maximum absolute atomic E-state index is 14.7. The van der Waals surface area contributed by atoms with E-state index in [9.17, 15) is 22.4 Å². The number of rotatable bonds is 6. The van der Waals surface area contributed by atoms with E-state index in [1.807, 2.05) is 0 Å². The molecule has 0 spiro atoms. The average Bonchev–Trinajstić information content (AvgIpc) is 2.72. The van der Waals surface area contributed by atoms with E-state index in [1.54, 1.807) is 0 Å². The normalized spacial score (nSPS) is 10.8. The highest BCUT2D eigenvalue weighted by Gasteiger charge is 2.19. The molecule has 0 fully saturated rings. The number of hydrogen-bond donors (Lipinski definition) is 1. The fourth-order valence-electron chi connectivity index (χ4n) is 2.87. The second-order valence-electron chi connectivity index (χ2n) is 6.58. The fourth-order valence-corrected chi connectivity index (χ4v) is 2.87. The van der Waals surface area contributed by atoms with Crippen LogP contribution in [0.15, 0.2) is 23.0 Å². The summed E-state index contributed by atoms with van der Waals surface area (Å²) in [5.74, 6) is -5.17. The lowest BCUT2D eigenvalue weighted by molar-refractivity contribution is 0.337. The van der Waals surface area contributed by atoms with Crippen molar-refractivity contribution in [1.29, 1.82) is 0 Å². The number of aryl methyl sites for hydroxylation is 1. The van der Waals surface area contributed by atoms with Crippen molar-refractivity contribution in [1.82, 2.24) is 14.8 Å². The third kappa shape index (κ3) is 4.30. The Balaban J connectivity index is 2.08. The average molecular weight is 438 g/mol. The van der Waals surface area contributed by atoms with Crippen molar-refractivity contribution in [2.75, 3.05) is 19.5 Å². The molecule has 0 atom stereocenters. The van der Waals surface area contributed by atoms with Gasteiger partial charge in [0, 0.05) is 11.6 Å². The van der Waals surface area contributed by atoms with Gasteiger partial charge in [-0.1, -0.05) is 0 Å². The van der Waals surface area contributed by atoms with Crippen LogP contribution < -0.4 is 20.3 Å². The lowest BCUT2D eigenvalue weighted by Crippen LogP contribution is -2.23. The Morgan fingerprint density at radius 2 is 1.65 bits per heavy atom. The Kier molecular flexibility index (Phi) is 6.14. The SMILES string of the molecule is COc1cc(Nc2nc(=O)c(C)nn2Cc2cc(F)c(F)c(F)c2)c(C)c(F)c1OC. The zero-order valence-electron chi connectivity index (χ0n) is 17.0. The number of nitrogens with zero attached hydrogens (tertiary/aromatic N) is 3. The Labute approximate surface area is 174 Å². The predicted octanol–water partition coefficient (Wildman–Crippen LogP) is 3.62. The lowest BCUT2D eigenvalue weighted by atomic mass is 10.1. The van der Waals surface area contributed by atoms with E-state index in [1.165, 1.54) is 34.1 Å². The van der Waals surface area contributed by atoms with Crippen molar-refractivity contribution < 1.29 is 27.0 Å². The molecule has 164 valence electrons. The fraction of sp³-hybridized carbons (Fsp3) is 0.250. The van der Waals surface area contributed by atoms with E-state index in [2.05, 4.69) is 15.4 Å². The summed E-state index contributed by atoms with van der Waals surface area (Å²) in [6.45, 7) is 2.62. The minimum absolute atomic E-state index is 0.0174. The quantitative estimate of drug-likeness (QED) is 0.468. The van der Waals surface area contributed by atoms with Crippen LogP contribution in [0.3, 0.4) is 0 Å². The van der Waals surface area contributed by atoms with E-state index < -0.39 is 28.8 Å². The molecule has 0 amide bonds. The number of nitrogens with one attached hydrogen (secondary N) is 1. The van der Waals surface area contributed by atoms with E-state index in [0.717, 1.165) is 16.8 Å². The predicted molar refractivity (Wildman–Crippen MR) is 104 cm³/mol. The number of methoxy groups -OCH3 is 2. The minimum atomic E-state index is -1.60. The molecule has 31 heavy (non-hydrogen) atoms. The Hall–Kier alpha value is -3.63. The molecule has 0 aliphatic rings. The van der Waals surface area contributed by atoms with Crippen LogP contribution in [0, 0.1) is 37.1 Å². The number of ether oxygens (including phenoxy) is 2. The van der Waals surface area contributed by atoms with Gasteiger partial charge in [0.2, 0.25) is 5.95 Å². The molecule has 0 unspecified atom stereocenters. The molecule has 3 rings (SSSR count). The van der Waals surface area contributed by atoms with E-state index in [0.29, 0.717) is 0 Å². The van der Waals surface area contributed by atoms with Crippen molar-refractivity contribution in [3.63, 3.8) is 0 Å². The Bertz CT molecular complexity index is 1190. The summed E-state index contributed by atoms with van der Waals surface area (Å²) in [6, 6.07) is 3.04. The summed E-state index contributed by atoms with van der Waals surface area (Å²) in [5.41, 5.74) is -0.277. The van der Waals surface area contributed by atoms with Crippen molar-refractivity contribution in [3.8, 4) is 11.5 Å². The first-order valence-corrected chi connectivity index (χ1v) is 8.93. The zero-order valence-corrected chi connectivity index (χ0v) is 17.0. The third-order valence-electron chi connectivity index (χ3n) is 4.51. The van der Waals surface area contributed by atoms with Gasteiger partial charge >= 0.3 is 0 Å². The smallest absolute Gasteiger partial charge is 0.296 e. The van der Waals surface area contributed by atoms with Gasteiger partial charge in [-0.3, -0.25) is 4.79 Å². The standard InChI is InChI=1S/C20H18F4N4O3/c1-9-14(7-15(30-3)18(31-4)16(9)23)25-20-26-19(29)10(2)27-28(20)8-11-5-12(21)17(24)13(22)6-11/h5-7H,8H2,1-4H3,(H,25,26,29). The van der Waals surface area contributed by atoms with Crippen LogP contribution in [-0.2, 0) is 6.54 Å². The number of anilines is 2. The molecule has 1 N–H and O–H groups in total. The number of halogens is 4. The molecule has 0 aliphatic heterocycles. The van der Waals surface area contributed by atoms with Gasteiger partial charge in [0.15, 0.2) is 34.8 Å². The van der Waals surface area contributed by atoms with Crippen LogP contribution in [0.5, 0.6) is 11.5 Å². The first kappa shape index (κ1) is 22.1. The van der Waals surface area contributed by atoms with Gasteiger partial charge in [0.1, 0.15) is 5.69 Å². The maximum atomic E-state index is 14.7. The van der Waals surface area contributed by atoms with Gasteiger partial charge in [-0.25, -0.2) is 22.2 Å². The molecule has 1 heterocycles. The van der Waals surface area contributed by atoms with Crippen LogP contribution in [0.25, 0.3) is 0 Å². The van der Waals surface area contributed by atoms with Crippen LogP contribution in [0.4, 0.5) is 29.2 Å². The highest BCUT2D eigenvalue weighted by molar-refractivity contribution is 5.65. The summed E-state index contributed by atoms with van der Waals surface area (Å²) in [6.07, 6.45) is 0.